The minimum Gasteiger partial charge on any atom is -0.315 e. The molecule has 16 heavy (non-hydrogen) atoms. The fourth-order valence-corrected chi connectivity index (χ4v) is 2.91. The smallest absolute Gasteiger partial charge is 0.0245 e. The molecular formula is C12H21ClN2S. The topological polar surface area (TPSA) is 15.3 Å². The van der Waals surface area contributed by atoms with Gasteiger partial charge in [-0.1, -0.05) is 6.92 Å². The van der Waals surface area contributed by atoms with E-state index in [1.807, 2.05) is 0 Å². The summed E-state index contributed by atoms with van der Waals surface area (Å²) in [4.78, 5) is 2.63. The highest BCUT2D eigenvalue weighted by atomic mass is 35.5. The molecule has 2 heterocycles. The van der Waals surface area contributed by atoms with Crippen LogP contribution in [0.5, 0.6) is 0 Å². The number of rotatable bonds is 5. The van der Waals surface area contributed by atoms with Gasteiger partial charge in [-0.05, 0) is 48.3 Å². The maximum atomic E-state index is 3.45. The van der Waals surface area contributed by atoms with Crippen molar-refractivity contribution in [3.63, 3.8) is 0 Å². The number of hydrogen-bond donors (Lipinski definition) is 1. The molecule has 1 aromatic heterocycles. The van der Waals surface area contributed by atoms with E-state index in [0.717, 1.165) is 12.6 Å². The molecule has 92 valence electrons. The van der Waals surface area contributed by atoms with E-state index in [9.17, 15) is 0 Å². The van der Waals surface area contributed by atoms with E-state index in [1.54, 1.807) is 11.3 Å². The third kappa shape index (κ3) is 3.74. The highest BCUT2D eigenvalue weighted by Gasteiger charge is 2.21. The number of halogens is 1. The molecule has 2 nitrogen and oxygen atoms in total. The normalized spacial score (nSPS) is 20.0. The van der Waals surface area contributed by atoms with Crippen LogP contribution in [0.15, 0.2) is 16.8 Å². The second kappa shape index (κ2) is 7.28. The van der Waals surface area contributed by atoms with Gasteiger partial charge in [0.1, 0.15) is 0 Å². The Bertz CT molecular complexity index is 271. The second-order valence-electron chi connectivity index (χ2n) is 4.25. The van der Waals surface area contributed by atoms with Gasteiger partial charge in [0.05, 0.1) is 0 Å². The highest BCUT2D eigenvalue weighted by Crippen LogP contribution is 2.15. The van der Waals surface area contributed by atoms with Crippen LogP contribution >= 0.6 is 23.7 Å². The first kappa shape index (κ1) is 14.0. The molecule has 0 saturated carbocycles. The number of nitrogens with zero attached hydrogens (tertiary/aromatic N) is 1. The van der Waals surface area contributed by atoms with E-state index in [0.29, 0.717) is 0 Å². The van der Waals surface area contributed by atoms with Gasteiger partial charge in [0.2, 0.25) is 0 Å². The molecular weight excluding hydrogens is 240 g/mol. The maximum absolute atomic E-state index is 3.45. The third-order valence-electron chi connectivity index (χ3n) is 3.03. The number of thiophene rings is 1. The van der Waals surface area contributed by atoms with E-state index >= 15 is 0 Å². The Morgan fingerprint density at radius 1 is 1.56 bits per heavy atom. The highest BCUT2D eigenvalue weighted by molar-refractivity contribution is 7.07. The van der Waals surface area contributed by atoms with E-state index < -0.39 is 0 Å². The molecule has 0 amide bonds. The molecule has 0 bridgehead atoms. The summed E-state index contributed by atoms with van der Waals surface area (Å²) in [7, 11) is 0. The van der Waals surface area contributed by atoms with E-state index in [4.69, 9.17) is 0 Å². The quantitative estimate of drug-likeness (QED) is 0.876. The first-order valence-electron chi connectivity index (χ1n) is 5.86. The van der Waals surface area contributed by atoms with Crippen molar-refractivity contribution in [3.05, 3.63) is 22.4 Å². The Kier molecular flexibility index (Phi) is 6.36. The first-order valence-corrected chi connectivity index (χ1v) is 6.80. The fourth-order valence-electron chi connectivity index (χ4n) is 2.25. The zero-order valence-electron chi connectivity index (χ0n) is 9.82. The Balaban J connectivity index is 0.00000128. The van der Waals surface area contributed by atoms with Crippen molar-refractivity contribution >= 4 is 23.7 Å². The standard InChI is InChI=1S/C12H20N2S.ClH/c1-2-6-14(12-3-5-13-8-12)9-11-4-7-15-10-11;/h4,7,10,12-13H,2-3,5-6,8-9H2,1H3;1H. The van der Waals surface area contributed by atoms with Crippen LogP contribution in [-0.4, -0.2) is 30.6 Å². The molecule has 1 fully saturated rings. The van der Waals surface area contributed by atoms with Crippen LogP contribution in [0.1, 0.15) is 25.3 Å². The Hall–Kier alpha value is -0.0900. The van der Waals surface area contributed by atoms with E-state index in [-0.39, 0.29) is 12.4 Å². The molecule has 0 spiro atoms. The lowest BCUT2D eigenvalue weighted by molar-refractivity contribution is 0.200. The minimum absolute atomic E-state index is 0. The molecule has 1 unspecified atom stereocenters. The molecule has 0 radical (unpaired) electrons. The van der Waals surface area contributed by atoms with Crippen LogP contribution in [0.3, 0.4) is 0 Å². The molecule has 1 aliphatic heterocycles. The molecule has 4 heteroatoms. The monoisotopic (exact) mass is 260 g/mol. The van der Waals surface area contributed by atoms with Crippen molar-refractivity contribution in [2.45, 2.75) is 32.4 Å². The van der Waals surface area contributed by atoms with Crippen LogP contribution in [0.2, 0.25) is 0 Å². The van der Waals surface area contributed by atoms with Crippen molar-refractivity contribution < 1.29 is 0 Å². The van der Waals surface area contributed by atoms with Crippen LogP contribution in [-0.2, 0) is 6.54 Å². The molecule has 1 aromatic rings. The van der Waals surface area contributed by atoms with Gasteiger partial charge in [-0.2, -0.15) is 11.3 Å². The first-order chi connectivity index (χ1) is 7.40. The van der Waals surface area contributed by atoms with Crippen LogP contribution in [0.25, 0.3) is 0 Å². The molecule has 1 atom stereocenters. The average Bonchev–Trinajstić information content (AvgIpc) is 2.89. The lowest BCUT2D eigenvalue weighted by Gasteiger charge is -2.27. The van der Waals surface area contributed by atoms with Crippen molar-refractivity contribution in [1.82, 2.24) is 10.2 Å². The summed E-state index contributed by atoms with van der Waals surface area (Å²) < 4.78 is 0. The van der Waals surface area contributed by atoms with E-state index in [1.165, 1.54) is 38.0 Å². The predicted octanol–water partition coefficient (Wildman–Crippen LogP) is 2.74. The summed E-state index contributed by atoms with van der Waals surface area (Å²) in [5.74, 6) is 0. The Labute approximate surface area is 108 Å². The van der Waals surface area contributed by atoms with Gasteiger partial charge in [0.15, 0.2) is 0 Å². The van der Waals surface area contributed by atoms with Gasteiger partial charge >= 0.3 is 0 Å². The number of hydrogen-bond acceptors (Lipinski definition) is 3. The van der Waals surface area contributed by atoms with Gasteiger partial charge in [-0.25, -0.2) is 0 Å². The van der Waals surface area contributed by atoms with Crippen molar-refractivity contribution in [2.75, 3.05) is 19.6 Å². The number of nitrogens with one attached hydrogen (secondary N) is 1. The summed E-state index contributed by atoms with van der Waals surface area (Å²) in [5.41, 5.74) is 1.47. The SMILES string of the molecule is CCCN(Cc1ccsc1)C1CCNC1.Cl. The lowest BCUT2D eigenvalue weighted by atomic mass is 10.2. The molecule has 1 N–H and O–H groups in total. The van der Waals surface area contributed by atoms with Crippen molar-refractivity contribution in [1.29, 1.82) is 0 Å². The van der Waals surface area contributed by atoms with Gasteiger partial charge in [-0.3, -0.25) is 4.90 Å². The lowest BCUT2D eigenvalue weighted by Crippen LogP contribution is -2.36. The zero-order chi connectivity index (χ0) is 10.5. The molecule has 2 rings (SSSR count). The van der Waals surface area contributed by atoms with Gasteiger partial charge in [0.25, 0.3) is 0 Å². The van der Waals surface area contributed by atoms with Crippen molar-refractivity contribution in [3.8, 4) is 0 Å². The summed E-state index contributed by atoms with van der Waals surface area (Å²) in [6.45, 7) is 6.98. The molecule has 0 aliphatic carbocycles. The minimum atomic E-state index is 0. The summed E-state index contributed by atoms with van der Waals surface area (Å²) >= 11 is 1.80. The Morgan fingerprint density at radius 3 is 3.00 bits per heavy atom. The second-order valence-corrected chi connectivity index (χ2v) is 5.03. The summed E-state index contributed by atoms with van der Waals surface area (Å²) in [6, 6.07) is 3.00. The summed E-state index contributed by atoms with van der Waals surface area (Å²) in [6.07, 6.45) is 2.56. The zero-order valence-corrected chi connectivity index (χ0v) is 11.4. The van der Waals surface area contributed by atoms with Crippen LogP contribution < -0.4 is 5.32 Å². The maximum Gasteiger partial charge on any atom is 0.0245 e. The van der Waals surface area contributed by atoms with Gasteiger partial charge < -0.3 is 5.32 Å². The Morgan fingerprint density at radius 2 is 2.44 bits per heavy atom. The average molecular weight is 261 g/mol. The van der Waals surface area contributed by atoms with Crippen molar-refractivity contribution in [2.24, 2.45) is 0 Å². The van der Waals surface area contributed by atoms with Crippen LogP contribution in [0.4, 0.5) is 0 Å². The van der Waals surface area contributed by atoms with Gasteiger partial charge in [0, 0.05) is 19.1 Å². The largest absolute Gasteiger partial charge is 0.315 e. The molecule has 1 aliphatic rings. The molecule has 0 aromatic carbocycles. The van der Waals surface area contributed by atoms with Crippen LogP contribution in [0, 0.1) is 0 Å². The fraction of sp³-hybridized carbons (Fsp3) is 0.667. The summed E-state index contributed by atoms with van der Waals surface area (Å²) in [5, 5.41) is 7.89. The predicted molar refractivity (Wildman–Crippen MR) is 73.5 cm³/mol. The molecule has 1 saturated heterocycles. The van der Waals surface area contributed by atoms with E-state index in [2.05, 4.69) is 34.0 Å². The third-order valence-corrected chi connectivity index (χ3v) is 3.76. The van der Waals surface area contributed by atoms with Gasteiger partial charge in [-0.15, -0.1) is 12.4 Å².